The Bertz CT molecular complexity index is 450. The van der Waals surface area contributed by atoms with Gasteiger partial charge in [0.25, 0.3) is 5.91 Å². The summed E-state index contributed by atoms with van der Waals surface area (Å²) in [6, 6.07) is 1.69. The summed E-state index contributed by atoms with van der Waals surface area (Å²) in [6.07, 6.45) is 2.66. The van der Waals surface area contributed by atoms with Gasteiger partial charge in [0.05, 0.1) is 10.6 Å². The minimum absolute atomic E-state index is 0.0248. The highest BCUT2D eigenvalue weighted by Gasteiger charge is 2.24. The van der Waals surface area contributed by atoms with E-state index >= 15 is 0 Å². The number of likely N-dealkylation sites (tertiary alicyclic amines) is 1. The molecule has 2 rings (SSSR count). The summed E-state index contributed by atoms with van der Waals surface area (Å²) >= 11 is 6.09. The van der Waals surface area contributed by atoms with Crippen LogP contribution < -0.4 is 5.32 Å². The molecule has 0 aliphatic carbocycles. The van der Waals surface area contributed by atoms with E-state index in [0.717, 1.165) is 26.1 Å². The van der Waals surface area contributed by atoms with Gasteiger partial charge in [-0.3, -0.25) is 4.79 Å². The van der Waals surface area contributed by atoms with E-state index in [1.807, 2.05) is 11.8 Å². The number of nitrogens with zero attached hydrogens (tertiary/aromatic N) is 2. The molecule has 2 heterocycles. The van der Waals surface area contributed by atoms with Gasteiger partial charge in [0.15, 0.2) is 0 Å². The van der Waals surface area contributed by atoms with Crippen LogP contribution in [0.2, 0.25) is 5.02 Å². The second-order valence-corrected chi connectivity index (χ2v) is 5.14. The first-order valence-corrected chi connectivity index (χ1v) is 6.68. The van der Waals surface area contributed by atoms with Gasteiger partial charge in [-0.15, -0.1) is 0 Å². The third kappa shape index (κ3) is 2.75. The van der Waals surface area contributed by atoms with Crippen molar-refractivity contribution < 1.29 is 4.79 Å². The number of anilines is 1. The molecule has 1 aromatic rings. The second-order valence-electron chi connectivity index (χ2n) is 4.73. The standard InChI is InChI=1S/C13H18ClN3O/c1-3-15-12-11(14)6-10(7-16-12)13(18)17-5-4-9(2)8-17/h6-7,9H,3-5,8H2,1-2H3,(H,15,16). The molecule has 0 radical (unpaired) electrons. The molecular weight excluding hydrogens is 250 g/mol. The van der Waals surface area contributed by atoms with Crippen molar-refractivity contribution in [2.75, 3.05) is 25.0 Å². The van der Waals surface area contributed by atoms with Crippen LogP contribution in [-0.4, -0.2) is 35.4 Å². The molecule has 1 aromatic heterocycles. The van der Waals surface area contributed by atoms with Crippen LogP contribution in [0.15, 0.2) is 12.3 Å². The molecule has 1 fully saturated rings. The molecule has 0 spiro atoms. The summed E-state index contributed by atoms with van der Waals surface area (Å²) in [5, 5.41) is 3.55. The first kappa shape index (κ1) is 13.1. The lowest BCUT2D eigenvalue weighted by Gasteiger charge is -2.16. The third-order valence-electron chi connectivity index (χ3n) is 3.14. The van der Waals surface area contributed by atoms with Crippen LogP contribution in [0.3, 0.4) is 0 Å². The first-order valence-electron chi connectivity index (χ1n) is 6.30. The van der Waals surface area contributed by atoms with Crippen molar-refractivity contribution in [3.63, 3.8) is 0 Å². The van der Waals surface area contributed by atoms with E-state index < -0.39 is 0 Å². The van der Waals surface area contributed by atoms with Gasteiger partial charge in [0.1, 0.15) is 5.82 Å². The number of carbonyl (C=O) groups excluding carboxylic acids is 1. The summed E-state index contributed by atoms with van der Waals surface area (Å²) in [6.45, 7) is 6.54. The van der Waals surface area contributed by atoms with E-state index in [1.54, 1.807) is 12.3 Å². The molecule has 18 heavy (non-hydrogen) atoms. The van der Waals surface area contributed by atoms with E-state index in [1.165, 1.54) is 0 Å². The zero-order valence-corrected chi connectivity index (χ0v) is 11.5. The smallest absolute Gasteiger partial charge is 0.255 e. The van der Waals surface area contributed by atoms with Crippen LogP contribution in [0, 0.1) is 5.92 Å². The van der Waals surface area contributed by atoms with Gasteiger partial charge in [0.2, 0.25) is 0 Å². The minimum atomic E-state index is 0.0248. The number of amides is 1. The highest BCUT2D eigenvalue weighted by atomic mass is 35.5. The van der Waals surface area contributed by atoms with Gasteiger partial charge < -0.3 is 10.2 Å². The number of nitrogens with one attached hydrogen (secondary N) is 1. The number of halogens is 1. The number of hydrogen-bond donors (Lipinski definition) is 1. The highest BCUT2D eigenvalue weighted by Crippen LogP contribution is 2.23. The van der Waals surface area contributed by atoms with Crippen molar-refractivity contribution >= 4 is 23.3 Å². The summed E-state index contributed by atoms with van der Waals surface area (Å²) in [7, 11) is 0. The van der Waals surface area contributed by atoms with Crippen LogP contribution in [0.25, 0.3) is 0 Å². The van der Waals surface area contributed by atoms with Crippen LogP contribution in [0.1, 0.15) is 30.6 Å². The predicted molar refractivity (Wildman–Crippen MR) is 73.1 cm³/mol. The molecule has 0 bridgehead atoms. The zero-order chi connectivity index (χ0) is 13.1. The molecule has 4 nitrogen and oxygen atoms in total. The van der Waals surface area contributed by atoms with E-state index in [4.69, 9.17) is 11.6 Å². The van der Waals surface area contributed by atoms with Crippen molar-refractivity contribution in [3.05, 3.63) is 22.8 Å². The molecule has 1 saturated heterocycles. The van der Waals surface area contributed by atoms with Gasteiger partial charge in [-0.25, -0.2) is 4.98 Å². The molecular formula is C13H18ClN3O. The Balaban J connectivity index is 2.13. The Labute approximate surface area is 112 Å². The molecule has 0 aromatic carbocycles. The highest BCUT2D eigenvalue weighted by molar-refractivity contribution is 6.33. The van der Waals surface area contributed by atoms with Crippen molar-refractivity contribution in [3.8, 4) is 0 Å². The molecule has 1 atom stereocenters. The summed E-state index contributed by atoms with van der Waals surface area (Å²) in [4.78, 5) is 18.3. The summed E-state index contributed by atoms with van der Waals surface area (Å²) < 4.78 is 0. The maximum atomic E-state index is 12.2. The SMILES string of the molecule is CCNc1ncc(C(=O)N2CCC(C)C2)cc1Cl. The summed E-state index contributed by atoms with van der Waals surface area (Å²) in [5.74, 6) is 1.24. The van der Waals surface area contributed by atoms with Crippen molar-refractivity contribution in [2.45, 2.75) is 20.3 Å². The van der Waals surface area contributed by atoms with E-state index in [9.17, 15) is 4.79 Å². The average Bonchev–Trinajstić information content (AvgIpc) is 2.78. The maximum Gasteiger partial charge on any atom is 0.255 e. The monoisotopic (exact) mass is 267 g/mol. The Kier molecular flexibility index (Phi) is 4.07. The molecule has 5 heteroatoms. The van der Waals surface area contributed by atoms with Crippen LogP contribution in [0.5, 0.6) is 0 Å². The quantitative estimate of drug-likeness (QED) is 0.916. The third-order valence-corrected chi connectivity index (χ3v) is 3.43. The Hall–Kier alpha value is -1.29. The molecule has 1 aliphatic heterocycles. The fraction of sp³-hybridized carbons (Fsp3) is 0.538. The number of hydrogen-bond acceptors (Lipinski definition) is 3. The van der Waals surface area contributed by atoms with Crippen molar-refractivity contribution in [1.82, 2.24) is 9.88 Å². The topological polar surface area (TPSA) is 45.2 Å². The number of rotatable bonds is 3. The van der Waals surface area contributed by atoms with Crippen LogP contribution in [-0.2, 0) is 0 Å². The normalized spacial score (nSPS) is 19.1. The Morgan fingerprint density at radius 1 is 1.67 bits per heavy atom. The zero-order valence-electron chi connectivity index (χ0n) is 10.7. The van der Waals surface area contributed by atoms with Gasteiger partial charge >= 0.3 is 0 Å². The van der Waals surface area contributed by atoms with Gasteiger partial charge in [0, 0.05) is 25.8 Å². The molecule has 1 unspecified atom stereocenters. The largest absolute Gasteiger partial charge is 0.369 e. The molecule has 0 saturated carbocycles. The minimum Gasteiger partial charge on any atom is -0.369 e. The van der Waals surface area contributed by atoms with Gasteiger partial charge in [-0.05, 0) is 25.3 Å². The molecule has 1 N–H and O–H groups in total. The lowest BCUT2D eigenvalue weighted by Crippen LogP contribution is -2.28. The Morgan fingerprint density at radius 2 is 2.44 bits per heavy atom. The van der Waals surface area contributed by atoms with Gasteiger partial charge in [-0.2, -0.15) is 0 Å². The summed E-state index contributed by atoms with van der Waals surface area (Å²) in [5.41, 5.74) is 0.566. The molecule has 1 amide bonds. The fourth-order valence-electron chi connectivity index (χ4n) is 2.15. The van der Waals surface area contributed by atoms with Crippen molar-refractivity contribution in [2.24, 2.45) is 5.92 Å². The number of pyridine rings is 1. The van der Waals surface area contributed by atoms with Crippen LogP contribution in [0.4, 0.5) is 5.82 Å². The predicted octanol–water partition coefficient (Wildman–Crippen LogP) is 2.65. The van der Waals surface area contributed by atoms with Crippen molar-refractivity contribution in [1.29, 1.82) is 0 Å². The average molecular weight is 268 g/mol. The first-order chi connectivity index (χ1) is 8.61. The number of aromatic nitrogens is 1. The van der Waals surface area contributed by atoms with E-state index in [-0.39, 0.29) is 5.91 Å². The molecule has 98 valence electrons. The lowest BCUT2D eigenvalue weighted by atomic mass is 10.2. The molecule has 1 aliphatic rings. The fourth-order valence-corrected chi connectivity index (χ4v) is 2.39. The second kappa shape index (κ2) is 5.57. The Morgan fingerprint density at radius 3 is 3.00 bits per heavy atom. The van der Waals surface area contributed by atoms with Crippen LogP contribution >= 0.6 is 11.6 Å². The maximum absolute atomic E-state index is 12.2. The van der Waals surface area contributed by atoms with E-state index in [0.29, 0.717) is 22.3 Å². The lowest BCUT2D eigenvalue weighted by molar-refractivity contribution is 0.0787. The van der Waals surface area contributed by atoms with Gasteiger partial charge in [-0.1, -0.05) is 18.5 Å². The van der Waals surface area contributed by atoms with E-state index in [2.05, 4.69) is 17.2 Å². The number of carbonyl (C=O) groups is 1.